The van der Waals surface area contributed by atoms with Gasteiger partial charge in [-0.1, -0.05) is 20.8 Å². The standard InChI is InChI=1S/C14H26O5Si/c1-13(2,3)20(6,7)19-12-11-10(9(8-15)16-12)17-14(4,5)18-11/h8-12H,1-7H3/t9-,10+,11+,12-/m1/s1. The molecule has 116 valence electrons. The Labute approximate surface area is 122 Å². The van der Waals surface area contributed by atoms with E-state index in [4.69, 9.17) is 18.6 Å². The maximum atomic E-state index is 11.2. The molecule has 4 atom stereocenters. The molecule has 2 saturated heterocycles. The summed E-state index contributed by atoms with van der Waals surface area (Å²) in [4.78, 5) is 11.2. The number of ether oxygens (including phenoxy) is 3. The lowest BCUT2D eigenvalue weighted by Crippen LogP contribution is -2.47. The van der Waals surface area contributed by atoms with Crippen molar-refractivity contribution in [3.63, 3.8) is 0 Å². The lowest BCUT2D eigenvalue weighted by Gasteiger charge is -2.39. The smallest absolute Gasteiger partial charge is 0.195 e. The van der Waals surface area contributed by atoms with Gasteiger partial charge in [0.2, 0.25) is 0 Å². The minimum absolute atomic E-state index is 0.0695. The average Bonchev–Trinajstić information content (AvgIpc) is 2.71. The van der Waals surface area contributed by atoms with Crippen molar-refractivity contribution in [2.75, 3.05) is 0 Å². The molecule has 0 spiro atoms. The first-order valence-corrected chi connectivity index (χ1v) is 10.0. The monoisotopic (exact) mass is 302 g/mol. The van der Waals surface area contributed by atoms with E-state index in [-0.39, 0.29) is 17.2 Å². The van der Waals surface area contributed by atoms with Crippen molar-refractivity contribution in [1.29, 1.82) is 0 Å². The Morgan fingerprint density at radius 2 is 1.70 bits per heavy atom. The fraction of sp³-hybridized carbons (Fsp3) is 0.929. The summed E-state index contributed by atoms with van der Waals surface area (Å²) in [6.07, 6.45) is -1.08. The molecule has 2 aliphatic rings. The van der Waals surface area contributed by atoms with E-state index in [2.05, 4.69) is 33.9 Å². The molecule has 0 bridgehead atoms. The van der Waals surface area contributed by atoms with Crippen molar-refractivity contribution in [1.82, 2.24) is 0 Å². The number of carbonyl (C=O) groups is 1. The van der Waals surface area contributed by atoms with E-state index < -0.39 is 26.5 Å². The van der Waals surface area contributed by atoms with Gasteiger partial charge in [-0.3, -0.25) is 0 Å². The summed E-state index contributed by atoms with van der Waals surface area (Å²) >= 11 is 0. The van der Waals surface area contributed by atoms with Crippen LogP contribution >= 0.6 is 0 Å². The highest BCUT2D eigenvalue weighted by Gasteiger charge is 2.57. The van der Waals surface area contributed by atoms with Gasteiger partial charge >= 0.3 is 0 Å². The van der Waals surface area contributed by atoms with Crippen LogP contribution in [-0.2, 0) is 23.4 Å². The Morgan fingerprint density at radius 1 is 1.15 bits per heavy atom. The molecule has 0 aromatic carbocycles. The van der Waals surface area contributed by atoms with E-state index in [1.807, 2.05) is 13.8 Å². The lowest BCUT2D eigenvalue weighted by molar-refractivity contribution is -0.212. The largest absolute Gasteiger partial charge is 0.390 e. The molecule has 0 amide bonds. The lowest BCUT2D eigenvalue weighted by atomic mass is 10.1. The third-order valence-corrected chi connectivity index (χ3v) is 8.83. The van der Waals surface area contributed by atoms with Crippen molar-refractivity contribution < 1.29 is 23.4 Å². The van der Waals surface area contributed by atoms with Crippen LogP contribution in [0.4, 0.5) is 0 Å². The Hall–Kier alpha value is -0.273. The Kier molecular flexibility index (Phi) is 3.93. The van der Waals surface area contributed by atoms with Gasteiger partial charge in [0.25, 0.3) is 0 Å². The predicted octanol–water partition coefficient (Wildman–Crippen LogP) is 2.45. The molecule has 0 unspecified atom stereocenters. The number of rotatable bonds is 3. The van der Waals surface area contributed by atoms with Gasteiger partial charge in [-0.15, -0.1) is 0 Å². The van der Waals surface area contributed by atoms with E-state index in [1.165, 1.54) is 0 Å². The van der Waals surface area contributed by atoms with E-state index >= 15 is 0 Å². The number of aldehydes is 1. The Bertz CT molecular complexity index is 388. The minimum atomic E-state index is -1.99. The molecule has 5 nitrogen and oxygen atoms in total. The zero-order chi connectivity index (χ0) is 15.3. The first-order chi connectivity index (χ1) is 8.97. The minimum Gasteiger partial charge on any atom is -0.390 e. The molecular weight excluding hydrogens is 276 g/mol. The van der Waals surface area contributed by atoms with Crippen LogP contribution in [0.1, 0.15) is 34.6 Å². The fourth-order valence-corrected chi connectivity index (χ4v) is 3.39. The molecule has 0 radical (unpaired) electrons. The Balaban J connectivity index is 2.16. The third-order valence-electron chi connectivity index (χ3n) is 4.40. The summed E-state index contributed by atoms with van der Waals surface area (Å²) in [5.74, 6) is -0.699. The second-order valence-corrected chi connectivity index (χ2v) is 12.3. The van der Waals surface area contributed by atoms with E-state index in [9.17, 15) is 4.79 Å². The summed E-state index contributed by atoms with van der Waals surface area (Å²) in [6.45, 7) is 14.5. The summed E-state index contributed by atoms with van der Waals surface area (Å²) in [7, 11) is -1.99. The predicted molar refractivity (Wildman–Crippen MR) is 76.8 cm³/mol. The van der Waals surface area contributed by atoms with Gasteiger partial charge in [-0.2, -0.15) is 0 Å². The van der Waals surface area contributed by atoms with Gasteiger partial charge in [0, 0.05) is 0 Å². The molecule has 0 aromatic rings. The van der Waals surface area contributed by atoms with Crippen molar-refractivity contribution in [3.8, 4) is 0 Å². The second kappa shape index (κ2) is 4.88. The average molecular weight is 302 g/mol. The van der Waals surface area contributed by atoms with Crippen LogP contribution in [0.3, 0.4) is 0 Å². The fourth-order valence-electron chi connectivity index (χ4n) is 2.26. The van der Waals surface area contributed by atoms with Crippen LogP contribution in [0.5, 0.6) is 0 Å². The molecule has 2 rings (SSSR count). The van der Waals surface area contributed by atoms with E-state index in [0.29, 0.717) is 0 Å². The van der Waals surface area contributed by atoms with Crippen molar-refractivity contribution in [3.05, 3.63) is 0 Å². The van der Waals surface area contributed by atoms with Crippen molar-refractivity contribution in [2.45, 2.75) is 83.1 Å². The quantitative estimate of drug-likeness (QED) is 0.592. The van der Waals surface area contributed by atoms with Gasteiger partial charge in [0.05, 0.1) is 0 Å². The topological polar surface area (TPSA) is 54.0 Å². The SMILES string of the molecule is CC1(C)O[C@@H]2[C@@H](O[Si](C)(C)C(C)(C)C)O[C@H](C=O)[C@@H]2O1. The summed E-state index contributed by atoms with van der Waals surface area (Å²) in [6, 6.07) is 0. The van der Waals surface area contributed by atoms with E-state index in [0.717, 1.165) is 6.29 Å². The highest BCUT2D eigenvalue weighted by molar-refractivity contribution is 6.74. The molecule has 0 N–H and O–H groups in total. The van der Waals surface area contributed by atoms with Gasteiger partial charge in [0.1, 0.15) is 18.3 Å². The summed E-state index contributed by atoms with van der Waals surface area (Å²) < 4.78 is 23.6. The van der Waals surface area contributed by atoms with Crippen molar-refractivity contribution >= 4 is 14.6 Å². The first kappa shape index (κ1) is 16.1. The molecule has 0 aromatic heterocycles. The summed E-state index contributed by atoms with van der Waals surface area (Å²) in [5.41, 5.74) is 0. The van der Waals surface area contributed by atoms with Gasteiger partial charge in [-0.05, 0) is 32.0 Å². The van der Waals surface area contributed by atoms with Gasteiger partial charge in [-0.25, -0.2) is 0 Å². The maximum Gasteiger partial charge on any atom is 0.195 e. The van der Waals surface area contributed by atoms with Crippen LogP contribution in [0.15, 0.2) is 0 Å². The molecular formula is C14H26O5Si. The first-order valence-electron chi connectivity index (χ1n) is 7.11. The maximum absolute atomic E-state index is 11.2. The molecule has 0 saturated carbocycles. The normalized spacial score (nSPS) is 37.0. The van der Waals surface area contributed by atoms with Crippen LogP contribution in [0, 0.1) is 0 Å². The number of fused-ring (bicyclic) bond motifs is 1. The molecule has 2 aliphatic heterocycles. The van der Waals surface area contributed by atoms with E-state index in [1.54, 1.807) is 0 Å². The second-order valence-electron chi connectivity index (χ2n) is 7.55. The molecule has 2 heterocycles. The highest BCUT2D eigenvalue weighted by atomic mass is 28.4. The van der Waals surface area contributed by atoms with Crippen LogP contribution in [0.2, 0.25) is 18.1 Å². The summed E-state index contributed by atoms with van der Waals surface area (Å²) in [5, 5.41) is 0.0695. The molecule has 6 heteroatoms. The number of hydrogen-bond acceptors (Lipinski definition) is 5. The third kappa shape index (κ3) is 2.85. The molecule has 2 fully saturated rings. The highest BCUT2D eigenvalue weighted by Crippen LogP contribution is 2.43. The zero-order valence-corrected chi connectivity index (χ0v) is 14.4. The Morgan fingerprint density at radius 3 is 2.20 bits per heavy atom. The van der Waals surface area contributed by atoms with Gasteiger partial charge in [0.15, 0.2) is 26.7 Å². The van der Waals surface area contributed by atoms with Gasteiger partial charge < -0.3 is 23.4 Å². The number of carbonyl (C=O) groups excluding carboxylic acids is 1. The van der Waals surface area contributed by atoms with Crippen LogP contribution in [-0.4, -0.2) is 45.0 Å². The molecule has 20 heavy (non-hydrogen) atoms. The van der Waals surface area contributed by atoms with Crippen molar-refractivity contribution in [2.24, 2.45) is 0 Å². The number of hydrogen-bond donors (Lipinski definition) is 0. The van der Waals surface area contributed by atoms with Crippen LogP contribution < -0.4 is 0 Å². The van der Waals surface area contributed by atoms with Crippen LogP contribution in [0.25, 0.3) is 0 Å². The zero-order valence-electron chi connectivity index (χ0n) is 13.4. The molecule has 0 aliphatic carbocycles.